The molecule has 0 aliphatic rings. The van der Waals surface area contributed by atoms with Gasteiger partial charge >= 0.3 is 6.09 Å². The van der Waals surface area contributed by atoms with E-state index in [0.29, 0.717) is 13.0 Å². The highest BCUT2D eigenvalue weighted by Crippen LogP contribution is 2.30. The molecule has 2 amide bonds. The Hall–Kier alpha value is -4.58. The Morgan fingerprint density at radius 3 is 2.32 bits per heavy atom. The molecular formula is C32H31N3O3. The summed E-state index contributed by atoms with van der Waals surface area (Å²) in [6, 6.07) is 31.5. The number of aromatic nitrogens is 1. The molecule has 5 aromatic rings. The number of aromatic amines is 1. The first-order chi connectivity index (χ1) is 18.5. The summed E-state index contributed by atoms with van der Waals surface area (Å²) in [6.45, 7) is 2.22. The predicted octanol–water partition coefficient (Wildman–Crippen LogP) is 6.16. The van der Waals surface area contributed by atoms with Gasteiger partial charge in [0, 0.05) is 30.1 Å². The Bertz CT molecular complexity index is 1570. The van der Waals surface area contributed by atoms with Gasteiger partial charge in [0.1, 0.15) is 5.54 Å². The largest absolute Gasteiger partial charge is 0.465 e. The summed E-state index contributed by atoms with van der Waals surface area (Å²) < 4.78 is 0. The van der Waals surface area contributed by atoms with E-state index in [1.54, 1.807) is 6.92 Å². The lowest BCUT2D eigenvalue weighted by atomic mass is 9.88. The minimum atomic E-state index is -1.36. The van der Waals surface area contributed by atoms with E-state index in [1.165, 1.54) is 4.90 Å². The molecule has 4 aromatic carbocycles. The van der Waals surface area contributed by atoms with Crippen LogP contribution in [0, 0.1) is 0 Å². The number of nitrogens with zero attached hydrogens (tertiary/aromatic N) is 1. The molecule has 0 aliphatic heterocycles. The molecule has 0 aliphatic carbocycles. The first kappa shape index (κ1) is 25.1. The van der Waals surface area contributed by atoms with Gasteiger partial charge < -0.3 is 15.4 Å². The molecule has 1 heterocycles. The molecular weight excluding hydrogens is 474 g/mol. The van der Waals surface area contributed by atoms with Crippen molar-refractivity contribution < 1.29 is 14.7 Å². The summed E-state index contributed by atoms with van der Waals surface area (Å²) in [6.07, 6.45) is 1.62. The molecule has 6 heteroatoms. The summed E-state index contributed by atoms with van der Waals surface area (Å²) in [5.41, 5.74) is 2.45. The first-order valence-electron chi connectivity index (χ1n) is 12.8. The molecule has 38 heavy (non-hydrogen) atoms. The normalized spacial score (nSPS) is 12.8. The highest BCUT2D eigenvalue weighted by molar-refractivity contribution is 5.92. The Kier molecular flexibility index (Phi) is 7.13. The van der Waals surface area contributed by atoms with Gasteiger partial charge in [-0.3, -0.25) is 9.69 Å². The second-order valence-electron chi connectivity index (χ2n) is 9.81. The predicted molar refractivity (Wildman–Crippen MR) is 151 cm³/mol. The second-order valence-corrected chi connectivity index (χ2v) is 9.81. The quantitative estimate of drug-likeness (QED) is 0.224. The lowest BCUT2D eigenvalue weighted by Gasteiger charge is -2.38. The molecule has 0 spiro atoms. The number of carboxylic acid groups (broad SMARTS) is 1. The Morgan fingerprint density at radius 1 is 0.842 bits per heavy atom. The monoisotopic (exact) mass is 505 g/mol. The van der Waals surface area contributed by atoms with E-state index in [4.69, 9.17) is 0 Å². The van der Waals surface area contributed by atoms with E-state index < -0.39 is 11.6 Å². The van der Waals surface area contributed by atoms with Gasteiger partial charge in [-0.15, -0.1) is 0 Å². The zero-order chi connectivity index (χ0) is 26.5. The molecule has 0 unspecified atom stereocenters. The Labute approximate surface area is 221 Å². The van der Waals surface area contributed by atoms with Crippen LogP contribution in [0.3, 0.4) is 0 Å². The molecule has 0 radical (unpaired) electrons. The smallest absolute Gasteiger partial charge is 0.408 e. The van der Waals surface area contributed by atoms with Crippen molar-refractivity contribution in [1.82, 2.24) is 15.2 Å². The van der Waals surface area contributed by atoms with Crippen LogP contribution in [0.15, 0.2) is 103 Å². The van der Waals surface area contributed by atoms with E-state index in [-0.39, 0.29) is 18.9 Å². The summed E-state index contributed by atoms with van der Waals surface area (Å²) in [4.78, 5) is 31.3. The van der Waals surface area contributed by atoms with Crippen molar-refractivity contribution in [2.24, 2.45) is 0 Å². The fraction of sp³-hybridized carbons (Fsp3) is 0.188. The van der Waals surface area contributed by atoms with Gasteiger partial charge in [0.15, 0.2) is 0 Å². The lowest BCUT2D eigenvalue weighted by Crippen LogP contribution is -2.59. The lowest BCUT2D eigenvalue weighted by molar-refractivity contribution is -0.132. The van der Waals surface area contributed by atoms with Gasteiger partial charge in [-0.2, -0.15) is 0 Å². The van der Waals surface area contributed by atoms with E-state index in [0.717, 1.165) is 38.4 Å². The molecule has 0 saturated carbocycles. The van der Waals surface area contributed by atoms with Gasteiger partial charge in [-0.05, 0) is 46.9 Å². The number of para-hydroxylation sites is 1. The summed E-state index contributed by atoms with van der Waals surface area (Å²) in [7, 11) is 0. The number of carbonyl (C=O) groups is 2. The number of benzene rings is 4. The van der Waals surface area contributed by atoms with Gasteiger partial charge in [0.05, 0.1) is 6.54 Å². The zero-order valence-electron chi connectivity index (χ0n) is 21.4. The fourth-order valence-corrected chi connectivity index (χ4v) is 5.16. The Morgan fingerprint density at radius 2 is 1.53 bits per heavy atom. The third kappa shape index (κ3) is 5.11. The molecule has 1 atom stereocenters. The van der Waals surface area contributed by atoms with Crippen LogP contribution in [-0.2, 0) is 24.2 Å². The highest BCUT2D eigenvalue weighted by Gasteiger charge is 2.43. The van der Waals surface area contributed by atoms with E-state index in [2.05, 4.69) is 10.3 Å². The minimum Gasteiger partial charge on any atom is -0.465 e. The van der Waals surface area contributed by atoms with Crippen LogP contribution in [0.5, 0.6) is 0 Å². The van der Waals surface area contributed by atoms with E-state index in [1.807, 2.05) is 103 Å². The number of nitrogens with one attached hydrogen (secondary N) is 2. The van der Waals surface area contributed by atoms with Crippen molar-refractivity contribution in [3.8, 4) is 0 Å². The average Bonchev–Trinajstić information content (AvgIpc) is 3.34. The van der Waals surface area contributed by atoms with Crippen LogP contribution in [0.25, 0.3) is 21.7 Å². The molecule has 0 bridgehead atoms. The molecule has 5 rings (SSSR count). The minimum absolute atomic E-state index is 0.0850. The SMILES string of the molecule is C[C@@](Cc1c[nH]c2ccccc12)(C(=O)NCCc1ccccc1)N(Cc1cccc2ccccc12)C(=O)O. The third-order valence-electron chi connectivity index (χ3n) is 7.28. The van der Waals surface area contributed by atoms with Crippen molar-refractivity contribution >= 4 is 33.7 Å². The van der Waals surface area contributed by atoms with E-state index in [9.17, 15) is 14.7 Å². The van der Waals surface area contributed by atoms with Crippen LogP contribution in [-0.4, -0.2) is 39.1 Å². The molecule has 1 aromatic heterocycles. The number of amides is 2. The molecule has 192 valence electrons. The standard InChI is InChI=1S/C32H31N3O3/c1-32(20-26-21-34-29-17-8-7-16-28(26)29,30(36)33-19-18-23-10-3-2-4-11-23)35(31(37)38)22-25-14-9-13-24-12-5-6-15-27(24)25/h2-17,21,34H,18-20,22H2,1H3,(H,33,36)(H,37,38)/t32-/m1/s1. The van der Waals surface area contributed by atoms with Crippen molar-refractivity contribution in [2.45, 2.75) is 31.8 Å². The maximum atomic E-state index is 13.9. The molecule has 3 N–H and O–H groups in total. The van der Waals surface area contributed by atoms with Gasteiger partial charge in [0.25, 0.3) is 0 Å². The van der Waals surface area contributed by atoms with Crippen molar-refractivity contribution in [3.05, 3.63) is 120 Å². The fourth-order valence-electron chi connectivity index (χ4n) is 5.16. The summed E-state index contributed by atoms with van der Waals surface area (Å²) >= 11 is 0. The number of carbonyl (C=O) groups excluding carboxylic acids is 1. The Balaban J connectivity index is 1.49. The van der Waals surface area contributed by atoms with Crippen molar-refractivity contribution in [2.75, 3.05) is 6.54 Å². The molecule has 6 nitrogen and oxygen atoms in total. The van der Waals surface area contributed by atoms with Crippen LogP contribution >= 0.6 is 0 Å². The number of hydrogen-bond acceptors (Lipinski definition) is 2. The number of fused-ring (bicyclic) bond motifs is 2. The van der Waals surface area contributed by atoms with Crippen molar-refractivity contribution in [1.29, 1.82) is 0 Å². The number of hydrogen-bond donors (Lipinski definition) is 3. The highest BCUT2D eigenvalue weighted by atomic mass is 16.4. The van der Waals surface area contributed by atoms with Crippen LogP contribution < -0.4 is 5.32 Å². The van der Waals surface area contributed by atoms with Gasteiger partial charge in [-0.1, -0.05) is 91.0 Å². The van der Waals surface area contributed by atoms with Crippen LogP contribution in [0.2, 0.25) is 0 Å². The van der Waals surface area contributed by atoms with Gasteiger partial charge in [-0.25, -0.2) is 4.79 Å². The zero-order valence-corrected chi connectivity index (χ0v) is 21.4. The van der Waals surface area contributed by atoms with Crippen LogP contribution in [0.1, 0.15) is 23.6 Å². The summed E-state index contributed by atoms with van der Waals surface area (Å²) in [5.74, 6) is -0.318. The maximum absolute atomic E-state index is 13.9. The number of H-pyrrole nitrogens is 1. The van der Waals surface area contributed by atoms with Crippen LogP contribution in [0.4, 0.5) is 4.79 Å². The third-order valence-corrected chi connectivity index (χ3v) is 7.28. The molecule has 0 saturated heterocycles. The average molecular weight is 506 g/mol. The topological polar surface area (TPSA) is 85.4 Å². The number of rotatable bonds is 9. The maximum Gasteiger partial charge on any atom is 0.408 e. The van der Waals surface area contributed by atoms with E-state index >= 15 is 0 Å². The summed E-state index contributed by atoms with van der Waals surface area (Å²) in [5, 5.41) is 16.5. The second kappa shape index (κ2) is 10.8. The van der Waals surface area contributed by atoms with Gasteiger partial charge in [0.2, 0.25) is 5.91 Å². The molecule has 0 fully saturated rings. The van der Waals surface area contributed by atoms with Crippen molar-refractivity contribution in [3.63, 3.8) is 0 Å². The first-order valence-corrected chi connectivity index (χ1v) is 12.8.